The summed E-state index contributed by atoms with van der Waals surface area (Å²) in [5.41, 5.74) is -0.965. The number of hydrogen-bond donors (Lipinski definition) is 1. The van der Waals surface area contributed by atoms with E-state index in [0.717, 1.165) is 22.3 Å². The summed E-state index contributed by atoms with van der Waals surface area (Å²) in [7, 11) is -3.87. The van der Waals surface area contributed by atoms with Crippen LogP contribution in [-0.4, -0.2) is 32.1 Å². The molecule has 1 aromatic heterocycles. The SMILES string of the molecule is CC.CC.COc1ccc(-c2ccn(CCNS(=O)(=O)C(F)(F)F)c2-c2ccc(C#N)cc2C)cc1. The average Bonchev–Trinajstić information content (AvgIpc) is 3.29. The molecule has 1 N–H and O–H groups in total. The van der Waals surface area contributed by atoms with E-state index in [1.54, 1.807) is 52.9 Å². The van der Waals surface area contributed by atoms with Crippen molar-refractivity contribution in [1.29, 1.82) is 5.26 Å². The molecule has 1 heterocycles. The van der Waals surface area contributed by atoms with E-state index in [1.165, 1.54) is 0 Å². The van der Waals surface area contributed by atoms with Gasteiger partial charge in [-0.2, -0.15) is 18.4 Å². The van der Waals surface area contributed by atoms with Crippen LogP contribution in [0.1, 0.15) is 38.8 Å². The Morgan fingerprint density at radius 1 is 1.00 bits per heavy atom. The molecule has 36 heavy (non-hydrogen) atoms. The second kappa shape index (κ2) is 13.7. The Morgan fingerprint density at radius 3 is 2.11 bits per heavy atom. The van der Waals surface area contributed by atoms with Gasteiger partial charge in [0.05, 0.1) is 24.4 Å². The lowest BCUT2D eigenvalue weighted by Gasteiger charge is -2.16. The fraction of sp³-hybridized carbons (Fsp3) is 0.346. The van der Waals surface area contributed by atoms with Crippen LogP contribution in [0, 0.1) is 18.3 Å². The van der Waals surface area contributed by atoms with Gasteiger partial charge in [0, 0.05) is 30.4 Å². The maximum Gasteiger partial charge on any atom is 0.511 e. The highest BCUT2D eigenvalue weighted by Gasteiger charge is 2.45. The van der Waals surface area contributed by atoms with Crippen LogP contribution in [0.4, 0.5) is 13.2 Å². The standard InChI is InChI=1S/C22H20F3N3O3S.2C2H6/c1-15-13-16(14-26)3-8-19(15)21-20(17-4-6-18(31-2)7-5-17)9-11-28(21)12-10-27-32(29,30)22(23,24)25;2*1-2/h3-9,11,13,27H,10,12H2,1-2H3;2*1-2H3. The molecule has 3 rings (SSSR count). The fourth-order valence-electron chi connectivity index (χ4n) is 3.34. The summed E-state index contributed by atoms with van der Waals surface area (Å²) >= 11 is 0. The van der Waals surface area contributed by atoms with Crippen LogP contribution in [0.15, 0.2) is 54.7 Å². The second-order valence-electron chi connectivity index (χ2n) is 6.98. The van der Waals surface area contributed by atoms with Crippen molar-refractivity contribution in [2.75, 3.05) is 13.7 Å². The number of rotatable bonds is 7. The van der Waals surface area contributed by atoms with E-state index in [4.69, 9.17) is 10.00 Å². The Bertz CT molecular complexity index is 1260. The maximum absolute atomic E-state index is 12.6. The van der Waals surface area contributed by atoms with Gasteiger partial charge in [0.25, 0.3) is 0 Å². The maximum atomic E-state index is 12.6. The lowest BCUT2D eigenvalue weighted by molar-refractivity contribution is -0.0447. The largest absolute Gasteiger partial charge is 0.511 e. The molecule has 10 heteroatoms. The first-order chi connectivity index (χ1) is 17.1. The Labute approximate surface area is 211 Å². The Balaban J connectivity index is 0.00000154. The molecular formula is C26H32F3N3O3S. The summed E-state index contributed by atoms with van der Waals surface area (Å²) in [4.78, 5) is 0. The lowest BCUT2D eigenvalue weighted by Crippen LogP contribution is -2.38. The van der Waals surface area contributed by atoms with Crippen molar-refractivity contribution in [1.82, 2.24) is 9.29 Å². The van der Waals surface area contributed by atoms with Crippen molar-refractivity contribution >= 4 is 10.0 Å². The van der Waals surface area contributed by atoms with E-state index < -0.39 is 22.1 Å². The summed E-state index contributed by atoms with van der Waals surface area (Å²) in [6.07, 6.45) is 1.69. The molecule has 0 saturated heterocycles. The number of nitrogens with one attached hydrogen (secondary N) is 1. The molecule has 196 valence electrons. The zero-order valence-corrected chi connectivity index (χ0v) is 22.1. The molecule has 3 aromatic rings. The quantitative estimate of drug-likeness (QED) is 0.383. The van der Waals surface area contributed by atoms with E-state index in [-0.39, 0.29) is 6.54 Å². The molecule has 0 fully saturated rings. The van der Waals surface area contributed by atoms with Gasteiger partial charge in [-0.25, -0.2) is 13.1 Å². The van der Waals surface area contributed by atoms with E-state index in [1.807, 2.05) is 52.8 Å². The number of benzene rings is 2. The minimum atomic E-state index is -5.43. The zero-order chi connectivity index (χ0) is 27.5. The molecule has 2 aromatic carbocycles. The number of halogens is 3. The van der Waals surface area contributed by atoms with Crippen LogP contribution in [-0.2, 0) is 16.6 Å². The summed E-state index contributed by atoms with van der Waals surface area (Å²) < 4.78 is 69.0. The first-order valence-corrected chi connectivity index (χ1v) is 13.0. The van der Waals surface area contributed by atoms with Gasteiger partial charge in [-0.1, -0.05) is 45.9 Å². The molecule has 0 bridgehead atoms. The molecule has 0 aliphatic heterocycles. The van der Waals surface area contributed by atoms with Crippen molar-refractivity contribution < 1.29 is 26.3 Å². The number of alkyl halides is 3. The molecule has 0 radical (unpaired) electrons. The van der Waals surface area contributed by atoms with E-state index in [0.29, 0.717) is 17.0 Å². The second-order valence-corrected chi connectivity index (χ2v) is 8.74. The smallest absolute Gasteiger partial charge is 0.497 e. The topological polar surface area (TPSA) is 84.1 Å². The van der Waals surface area contributed by atoms with Gasteiger partial charge in [0.15, 0.2) is 0 Å². The van der Waals surface area contributed by atoms with Crippen molar-refractivity contribution in [2.45, 2.75) is 46.7 Å². The summed E-state index contributed by atoms with van der Waals surface area (Å²) in [5.74, 6) is 0.672. The van der Waals surface area contributed by atoms with E-state index >= 15 is 0 Å². The van der Waals surface area contributed by atoms with Gasteiger partial charge < -0.3 is 9.30 Å². The van der Waals surface area contributed by atoms with Gasteiger partial charge >= 0.3 is 15.5 Å². The van der Waals surface area contributed by atoms with Gasteiger partial charge in [0.2, 0.25) is 0 Å². The minimum Gasteiger partial charge on any atom is -0.497 e. The Kier molecular flexibility index (Phi) is 11.7. The molecule has 0 saturated carbocycles. The first kappa shape index (κ1) is 30.7. The molecule has 0 unspecified atom stereocenters. The van der Waals surface area contributed by atoms with Gasteiger partial charge in [0.1, 0.15) is 5.75 Å². The number of aromatic nitrogens is 1. The summed E-state index contributed by atoms with van der Waals surface area (Å²) in [5, 5.41) is 9.15. The molecule has 0 spiro atoms. The third kappa shape index (κ3) is 7.35. The summed E-state index contributed by atoms with van der Waals surface area (Å²) in [6, 6.07) is 16.3. The number of aryl methyl sites for hydroxylation is 1. The van der Waals surface area contributed by atoms with Gasteiger partial charge in [-0.15, -0.1) is 0 Å². The number of sulfonamides is 1. The monoisotopic (exact) mass is 523 g/mol. The van der Waals surface area contributed by atoms with Crippen molar-refractivity contribution in [3.63, 3.8) is 0 Å². The molecular weight excluding hydrogens is 491 g/mol. The van der Waals surface area contributed by atoms with Crippen LogP contribution in [0.5, 0.6) is 5.75 Å². The number of nitrogens with zero attached hydrogens (tertiary/aromatic N) is 2. The fourth-order valence-corrected chi connectivity index (χ4v) is 3.87. The highest BCUT2D eigenvalue weighted by Crippen LogP contribution is 2.36. The third-order valence-corrected chi connectivity index (χ3v) is 6.12. The van der Waals surface area contributed by atoms with Crippen LogP contribution < -0.4 is 9.46 Å². The minimum absolute atomic E-state index is 0.0275. The van der Waals surface area contributed by atoms with Crippen LogP contribution in [0.2, 0.25) is 0 Å². The Morgan fingerprint density at radius 2 is 1.61 bits per heavy atom. The average molecular weight is 524 g/mol. The molecule has 0 amide bonds. The molecule has 0 aliphatic rings. The van der Waals surface area contributed by atoms with Crippen LogP contribution in [0.3, 0.4) is 0 Å². The van der Waals surface area contributed by atoms with E-state index in [2.05, 4.69) is 6.07 Å². The van der Waals surface area contributed by atoms with Crippen molar-refractivity contribution in [2.24, 2.45) is 0 Å². The number of hydrogen-bond acceptors (Lipinski definition) is 4. The predicted octanol–water partition coefficient (Wildman–Crippen LogP) is 6.50. The number of methoxy groups -OCH3 is 1. The van der Waals surface area contributed by atoms with E-state index in [9.17, 15) is 21.6 Å². The first-order valence-electron chi connectivity index (χ1n) is 11.5. The summed E-state index contributed by atoms with van der Waals surface area (Å²) in [6.45, 7) is 9.36. The normalized spacial score (nSPS) is 10.9. The van der Waals surface area contributed by atoms with Crippen LogP contribution >= 0.6 is 0 Å². The van der Waals surface area contributed by atoms with Gasteiger partial charge in [-0.3, -0.25) is 0 Å². The van der Waals surface area contributed by atoms with Crippen molar-refractivity contribution in [3.8, 4) is 34.2 Å². The Hall–Kier alpha value is -3.29. The highest BCUT2D eigenvalue weighted by molar-refractivity contribution is 7.90. The highest BCUT2D eigenvalue weighted by atomic mass is 32.2. The predicted molar refractivity (Wildman–Crippen MR) is 137 cm³/mol. The third-order valence-electron chi connectivity index (χ3n) is 4.92. The lowest BCUT2D eigenvalue weighted by atomic mass is 9.97. The molecule has 6 nitrogen and oxygen atoms in total. The number of ether oxygens (including phenoxy) is 1. The van der Waals surface area contributed by atoms with Gasteiger partial charge in [-0.05, 0) is 48.4 Å². The zero-order valence-electron chi connectivity index (χ0n) is 21.3. The van der Waals surface area contributed by atoms with Crippen molar-refractivity contribution in [3.05, 3.63) is 65.9 Å². The molecule has 0 aliphatic carbocycles. The number of nitriles is 1. The van der Waals surface area contributed by atoms with Crippen LogP contribution in [0.25, 0.3) is 22.4 Å². The molecule has 0 atom stereocenters.